The third kappa shape index (κ3) is 6.35. The molecule has 1 heterocycles. The number of hydrogen-bond acceptors (Lipinski definition) is 4. The van der Waals surface area contributed by atoms with E-state index in [0.717, 1.165) is 18.5 Å². The molecule has 0 fully saturated rings. The molecule has 2 rings (SSSR count). The third-order valence-corrected chi connectivity index (χ3v) is 3.68. The summed E-state index contributed by atoms with van der Waals surface area (Å²) in [5.41, 5.74) is 2.06. The highest BCUT2D eigenvalue weighted by molar-refractivity contribution is 5.97. The van der Waals surface area contributed by atoms with E-state index in [1.807, 2.05) is 26.2 Å². The fourth-order valence-corrected chi connectivity index (χ4v) is 2.26. The van der Waals surface area contributed by atoms with Crippen LogP contribution in [-0.4, -0.2) is 48.9 Å². The number of nitrogens with one attached hydrogen (secondary N) is 2. The van der Waals surface area contributed by atoms with Crippen molar-refractivity contribution in [3.63, 3.8) is 0 Å². The molecule has 0 aliphatic rings. The van der Waals surface area contributed by atoms with Crippen LogP contribution in [0.1, 0.15) is 32.7 Å². The molecule has 0 radical (unpaired) electrons. The Kier molecular flexibility index (Phi) is 7.10. The van der Waals surface area contributed by atoms with Crippen LogP contribution in [0.3, 0.4) is 0 Å². The summed E-state index contributed by atoms with van der Waals surface area (Å²) in [6, 6.07) is 10.4. The molecule has 0 saturated heterocycles. The Bertz CT molecular complexity index is 684. The Morgan fingerprint density at radius 1 is 0.920 bits per heavy atom. The summed E-state index contributed by atoms with van der Waals surface area (Å²) < 4.78 is 0. The summed E-state index contributed by atoms with van der Waals surface area (Å²) in [6.07, 6.45) is 4.27. The van der Waals surface area contributed by atoms with Gasteiger partial charge in [-0.25, -0.2) is 0 Å². The minimum absolute atomic E-state index is 0.123. The van der Waals surface area contributed by atoms with Crippen LogP contribution in [0.2, 0.25) is 0 Å². The van der Waals surface area contributed by atoms with Crippen molar-refractivity contribution in [3.8, 4) is 0 Å². The number of benzene rings is 1. The second kappa shape index (κ2) is 9.54. The van der Waals surface area contributed by atoms with Crippen LogP contribution in [0, 0.1) is 0 Å². The Morgan fingerprint density at radius 3 is 2.04 bits per heavy atom. The molecule has 2 aromatic rings. The first-order valence-corrected chi connectivity index (χ1v) is 8.26. The van der Waals surface area contributed by atoms with E-state index < -0.39 is 0 Å². The van der Waals surface area contributed by atoms with Gasteiger partial charge in [-0.05, 0) is 69.0 Å². The summed E-state index contributed by atoms with van der Waals surface area (Å²) in [6.45, 7) is 2.00. The molecule has 1 aromatic carbocycles. The van der Waals surface area contributed by atoms with E-state index in [1.54, 1.807) is 36.7 Å². The van der Waals surface area contributed by atoms with Gasteiger partial charge in [0, 0.05) is 36.6 Å². The molecule has 0 atom stereocenters. The quantitative estimate of drug-likeness (QED) is 0.717. The van der Waals surface area contributed by atoms with Crippen molar-refractivity contribution in [3.05, 3.63) is 65.5 Å². The lowest BCUT2D eigenvalue weighted by atomic mass is 10.1. The van der Waals surface area contributed by atoms with E-state index in [2.05, 4.69) is 20.5 Å². The zero-order valence-electron chi connectivity index (χ0n) is 14.7. The first-order chi connectivity index (χ1) is 12.1. The van der Waals surface area contributed by atoms with Gasteiger partial charge in [0.1, 0.15) is 0 Å². The Balaban J connectivity index is 1.82. The lowest BCUT2D eigenvalue weighted by Gasteiger charge is -2.10. The van der Waals surface area contributed by atoms with Gasteiger partial charge in [-0.2, -0.15) is 0 Å². The van der Waals surface area contributed by atoms with Crippen LogP contribution in [0.25, 0.3) is 0 Å². The molecule has 0 unspecified atom stereocenters. The Labute approximate surface area is 148 Å². The standard InChI is InChI=1S/C19H24N4O2/c1-23(2)13-3-10-21-18(24)16-4-6-17(7-5-16)19(25)22-14-15-8-11-20-12-9-15/h4-9,11-12H,3,10,13-14H2,1-2H3,(H,21,24)(H,22,25). The van der Waals surface area contributed by atoms with Crippen molar-refractivity contribution in [2.45, 2.75) is 13.0 Å². The van der Waals surface area contributed by atoms with Crippen molar-refractivity contribution in [1.29, 1.82) is 0 Å². The highest BCUT2D eigenvalue weighted by Crippen LogP contribution is 2.05. The second-order valence-corrected chi connectivity index (χ2v) is 6.03. The summed E-state index contributed by atoms with van der Waals surface area (Å²) in [5, 5.41) is 5.72. The maximum atomic E-state index is 12.1. The Morgan fingerprint density at radius 2 is 1.48 bits per heavy atom. The van der Waals surface area contributed by atoms with Crippen LogP contribution in [0.4, 0.5) is 0 Å². The number of aromatic nitrogens is 1. The molecule has 132 valence electrons. The average molecular weight is 340 g/mol. The van der Waals surface area contributed by atoms with Gasteiger partial charge in [0.2, 0.25) is 0 Å². The van der Waals surface area contributed by atoms with Gasteiger partial charge < -0.3 is 15.5 Å². The first-order valence-electron chi connectivity index (χ1n) is 8.26. The summed E-state index contributed by atoms with van der Waals surface area (Å²) in [7, 11) is 4.00. The SMILES string of the molecule is CN(C)CCCNC(=O)c1ccc(C(=O)NCc2ccncc2)cc1. The molecule has 1 aromatic heterocycles. The molecule has 0 saturated carbocycles. The topological polar surface area (TPSA) is 74.3 Å². The minimum Gasteiger partial charge on any atom is -0.352 e. The lowest BCUT2D eigenvalue weighted by molar-refractivity contribution is 0.0939. The predicted octanol–water partition coefficient (Wildman–Crippen LogP) is 1.69. The van der Waals surface area contributed by atoms with Crippen LogP contribution in [0.15, 0.2) is 48.8 Å². The summed E-state index contributed by atoms with van der Waals surface area (Å²) >= 11 is 0. The number of hydrogen-bond donors (Lipinski definition) is 2. The number of pyridine rings is 1. The molecular weight excluding hydrogens is 316 g/mol. The van der Waals surface area contributed by atoms with Gasteiger partial charge in [-0.1, -0.05) is 0 Å². The van der Waals surface area contributed by atoms with E-state index in [-0.39, 0.29) is 11.8 Å². The first kappa shape index (κ1) is 18.6. The maximum absolute atomic E-state index is 12.1. The molecule has 0 bridgehead atoms. The minimum atomic E-state index is -0.172. The zero-order chi connectivity index (χ0) is 18.1. The van der Waals surface area contributed by atoms with Gasteiger partial charge in [0.25, 0.3) is 11.8 Å². The van der Waals surface area contributed by atoms with Crippen molar-refractivity contribution in [2.24, 2.45) is 0 Å². The van der Waals surface area contributed by atoms with Crippen molar-refractivity contribution in [2.75, 3.05) is 27.2 Å². The van der Waals surface area contributed by atoms with Gasteiger partial charge in [-0.3, -0.25) is 14.6 Å². The van der Waals surface area contributed by atoms with E-state index in [9.17, 15) is 9.59 Å². The third-order valence-electron chi connectivity index (χ3n) is 3.68. The zero-order valence-corrected chi connectivity index (χ0v) is 14.7. The average Bonchev–Trinajstić information content (AvgIpc) is 2.64. The largest absolute Gasteiger partial charge is 0.352 e. The molecule has 0 aliphatic heterocycles. The lowest BCUT2D eigenvalue weighted by Crippen LogP contribution is -2.27. The van der Waals surface area contributed by atoms with Gasteiger partial charge in [-0.15, -0.1) is 0 Å². The molecule has 6 heteroatoms. The van der Waals surface area contributed by atoms with Gasteiger partial charge in [0.05, 0.1) is 0 Å². The molecule has 2 N–H and O–H groups in total. The summed E-state index contributed by atoms with van der Waals surface area (Å²) in [4.78, 5) is 30.2. The van der Waals surface area contributed by atoms with Gasteiger partial charge in [0.15, 0.2) is 0 Å². The normalized spacial score (nSPS) is 10.5. The molecule has 2 amide bonds. The fraction of sp³-hybridized carbons (Fsp3) is 0.316. The molecular formula is C19H24N4O2. The molecule has 6 nitrogen and oxygen atoms in total. The molecule has 25 heavy (non-hydrogen) atoms. The smallest absolute Gasteiger partial charge is 0.251 e. The van der Waals surface area contributed by atoms with Crippen LogP contribution < -0.4 is 10.6 Å². The molecule has 0 spiro atoms. The number of nitrogens with zero attached hydrogens (tertiary/aromatic N) is 2. The van der Waals surface area contributed by atoms with Crippen LogP contribution in [0.5, 0.6) is 0 Å². The van der Waals surface area contributed by atoms with E-state index >= 15 is 0 Å². The number of amides is 2. The maximum Gasteiger partial charge on any atom is 0.251 e. The van der Waals surface area contributed by atoms with Crippen LogP contribution in [-0.2, 0) is 6.54 Å². The van der Waals surface area contributed by atoms with Crippen LogP contribution >= 0.6 is 0 Å². The molecule has 0 aliphatic carbocycles. The van der Waals surface area contributed by atoms with E-state index in [0.29, 0.717) is 24.2 Å². The highest BCUT2D eigenvalue weighted by Gasteiger charge is 2.08. The van der Waals surface area contributed by atoms with Crippen molar-refractivity contribution >= 4 is 11.8 Å². The second-order valence-electron chi connectivity index (χ2n) is 6.03. The number of carbonyl (C=O) groups excluding carboxylic acids is 2. The number of carbonyl (C=O) groups is 2. The van der Waals surface area contributed by atoms with E-state index in [4.69, 9.17) is 0 Å². The number of rotatable bonds is 8. The Hall–Kier alpha value is -2.73. The predicted molar refractivity (Wildman–Crippen MR) is 97.4 cm³/mol. The monoisotopic (exact) mass is 340 g/mol. The highest BCUT2D eigenvalue weighted by atomic mass is 16.2. The van der Waals surface area contributed by atoms with Crippen molar-refractivity contribution < 1.29 is 9.59 Å². The van der Waals surface area contributed by atoms with Crippen molar-refractivity contribution in [1.82, 2.24) is 20.5 Å². The van der Waals surface area contributed by atoms with Gasteiger partial charge >= 0.3 is 0 Å². The van der Waals surface area contributed by atoms with E-state index in [1.165, 1.54) is 0 Å². The summed E-state index contributed by atoms with van der Waals surface area (Å²) in [5.74, 6) is -0.294. The fourth-order valence-electron chi connectivity index (χ4n) is 2.26.